The van der Waals surface area contributed by atoms with Crippen molar-refractivity contribution >= 4 is 16.0 Å². The largest absolute Gasteiger partial charge is 0.495 e. The van der Waals surface area contributed by atoms with Crippen LogP contribution in [0.25, 0.3) is 0 Å². The molecule has 1 unspecified atom stereocenters. The van der Waals surface area contributed by atoms with Gasteiger partial charge in [-0.2, -0.15) is 4.31 Å². The molecule has 1 aromatic carbocycles. The Labute approximate surface area is 125 Å². The van der Waals surface area contributed by atoms with E-state index in [4.69, 9.17) is 9.84 Å². The summed E-state index contributed by atoms with van der Waals surface area (Å²) in [6.45, 7) is 5.68. The molecule has 0 spiro atoms. The quantitative estimate of drug-likeness (QED) is 0.868. The van der Waals surface area contributed by atoms with Crippen molar-refractivity contribution in [3.8, 4) is 5.75 Å². The summed E-state index contributed by atoms with van der Waals surface area (Å²) in [7, 11) is -0.937. The lowest BCUT2D eigenvalue weighted by Crippen LogP contribution is -2.38. The molecular weight excluding hydrogens is 294 g/mol. The number of nitrogens with zero attached hydrogens (tertiary/aromatic N) is 1. The van der Waals surface area contributed by atoms with Crippen LogP contribution in [0.3, 0.4) is 0 Å². The minimum atomic E-state index is -3.75. The molecule has 6 nitrogen and oxygen atoms in total. The molecule has 118 valence electrons. The number of methoxy groups -OCH3 is 1. The molecule has 0 fully saturated rings. The predicted molar refractivity (Wildman–Crippen MR) is 79.2 cm³/mol. The highest BCUT2D eigenvalue weighted by atomic mass is 32.2. The number of aromatic carboxylic acids is 1. The van der Waals surface area contributed by atoms with Crippen LogP contribution < -0.4 is 4.74 Å². The Balaban J connectivity index is 3.35. The maximum absolute atomic E-state index is 12.6. The second-order valence-electron chi connectivity index (χ2n) is 5.18. The standard InChI is InChI=1S/C14H21NO5S/c1-9(2)10(3)15(4)21(18,19)13-7-6-11(14(16)17)8-12(13)20-5/h6-10H,1-5H3,(H,16,17). The molecule has 0 aliphatic carbocycles. The van der Waals surface area contributed by atoms with E-state index in [0.29, 0.717) is 0 Å². The van der Waals surface area contributed by atoms with E-state index in [1.54, 1.807) is 0 Å². The average molecular weight is 315 g/mol. The Morgan fingerprint density at radius 3 is 2.29 bits per heavy atom. The molecule has 7 heteroatoms. The monoisotopic (exact) mass is 315 g/mol. The predicted octanol–water partition coefficient (Wildman–Crippen LogP) is 2.06. The van der Waals surface area contributed by atoms with E-state index in [9.17, 15) is 13.2 Å². The molecule has 0 saturated heterocycles. The van der Waals surface area contributed by atoms with Crippen LogP contribution in [0.5, 0.6) is 5.75 Å². The second-order valence-corrected chi connectivity index (χ2v) is 7.14. The van der Waals surface area contributed by atoms with Gasteiger partial charge in [-0.15, -0.1) is 0 Å². The first kappa shape index (κ1) is 17.5. The van der Waals surface area contributed by atoms with Gasteiger partial charge in [0.25, 0.3) is 0 Å². The molecule has 1 atom stereocenters. The summed E-state index contributed by atoms with van der Waals surface area (Å²) in [6, 6.07) is 3.54. The minimum absolute atomic E-state index is 0.0228. The van der Waals surface area contributed by atoms with Crippen molar-refractivity contribution in [2.45, 2.75) is 31.7 Å². The molecule has 0 heterocycles. The molecule has 0 saturated carbocycles. The third-order valence-electron chi connectivity index (χ3n) is 3.61. The van der Waals surface area contributed by atoms with Crippen molar-refractivity contribution in [1.29, 1.82) is 0 Å². The molecular formula is C14H21NO5S. The molecule has 0 amide bonds. The fraction of sp³-hybridized carbons (Fsp3) is 0.500. The molecule has 0 aromatic heterocycles. The average Bonchev–Trinajstić information content (AvgIpc) is 2.44. The Morgan fingerprint density at radius 2 is 1.86 bits per heavy atom. The first-order chi connectivity index (χ1) is 9.62. The van der Waals surface area contributed by atoms with Crippen LogP contribution >= 0.6 is 0 Å². The molecule has 21 heavy (non-hydrogen) atoms. The van der Waals surface area contributed by atoms with Crippen molar-refractivity contribution in [2.75, 3.05) is 14.2 Å². The highest BCUT2D eigenvalue weighted by Gasteiger charge is 2.30. The number of benzene rings is 1. The van der Waals surface area contributed by atoms with Crippen LogP contribution in [0.2, 0.25) is 0 Å². The van der Waals surface area contributed by atoms with Gasteiger partial charge >= 0.3 is 5.97 Å². The van der Waals surface area contributed by atoms with Crippen molar-refractivity contribution in [1.82, 2.24) is 4.31 Å². The Hall–Kier alpha value is -1.60. The van der Waals surface area contributed by atoms with E-state index in [1.807, 2.05) is 20.8 Å². The van der Waals surface area contributed by atoms with Crippen LogP contribution in [0.1, 0.15) is 31.1 Å². The fourth-order valence-electron chi connectivity index (χ4n) is 1.81. The molecule has 1 aromatic rings. The molecule has 0 bridgehead atoms. The maximum Gasteiger partial charge on any atom is 0.335 e. The normalized spacial score (nSPS) is 13.5. The van der Waals surface area contributed by atoms with Gasteiger partial charge < -0.3 is 9.84 Å². The third-order valence-corrected chi connectivity index (χ3v) is 5.59. The summed E-state index contributed by atoms with van der Waals surface area (Å²) >= 11 is 0. The van der Waals surface area contributed by atoms with Crippen LogP contribution in [0, 0.1) is 5.92 Å². The number of hydrogen-bond donors (Lipinski definition) is 1. The van der Waals surface area contributed by atoms with Gasteiger partial charge in [-0.05, 0) is 31.0 Å². The van der Waals surface area contributed by atoms with Crippen molar-refractivity contribution in [2.24, 2.45) is 5.92 Å². The van der Waals surface area contributed by atoms with Gasteiger partial charge in [-0.25, -0.2) is 13.2 Å². The van der Waals surface area contributed by atoms with Gasteiger partial charge in [0.05, 0.1) is 12.7 Å². The fourth-order valence-corrected chi connectivity index (χ4v) is 3.44. The first-order valence-electron chi connectivity index (χ1n) is 6.52. The van der Waals surface area contributed by atoms with E-state index >= 15 is 0 Å². The highest BCUT2D eigenvalue weighted by Crippen LogP contribution is 2.29. The first-order valence-corrected chi connectivity index (χ1v) is 7.96. The summed E-state index contributed by atoms with van der Waals surface area (Å²) in [6.07, 6.45) is 0. The van der Waals surface area contributed by atoms with E-state index in [0.717, 1.165) is 0 Å². The molecule has 0 radical (unpaired) electrons. The topological polar surface area (TPSA) is 83.9 Å². The second kappa shape index (κ2) is 6.44. The summed E-state index contributed by atoms with van der Waals surface area (Å²) in [4.78, 5) is 10.9. The Kier molecular flexibility index (Phi) is 5.36. The maximum atomic E-state index is 12.6. The van der Waals surface area contributed by atoms with Crippen LogP contribution in [0.15, 0.2) is 23.1 Å². The zero-order chi connectivity index (χ0) is 16.4. The molecule has 0 aliphatic heterocycles. The van der Waals surface area contributed by atoms with Gasteiger partial charge in [-0.1, -0.05) is 13.8 Å². The van der Waals surface area contributed by atoms with Gasteiger partial charge in [0.2, 0.25) is 10.0 Å². The van der Waals surface area contributed by atoms with E-state index in [1.165, 1.54) is 36.7 Å². The summed E-state index contributed by atoms with van der Waals surface area (Å²) in [5.74, 6) is -0.965. The number of carboxylic acids is 1. The lowest BCUT2D eigenvalue weighted by Gasteiger charge is -2.27. The zero-order valence-corrected chi connectivity index (χ0v) is 13.6. The van der Waals surface area contributed by atoms with E-state index in [-0.39, 0.29) is 28.2 Å². The van der Waals surface area contributed by atoms with Gasteiger partial charge in [-0.3, -0.25) is 0 Å². The molecule has 0 aliphatic rings. The summed E-state index contributed by atoms with van der Waals surface area (Å²) in [5, 5.41) is 8.95. The number of rotatable bonds is 6. The Morgan fingerprint density at radius 1 is 1.29 bits per heavy atom. The number of ether oxygens (including phenoxy) is 1. The van der Waals surface area contributed by atoms with Crippen LogP contribution in [-0.4, -0.2) is 44.0 Å². The molecule has 1 N–H and O–H groups in total. The number of carbonyl (C=O) groups is 1. The summed E-state index contributed by atoms with van der Waals surface area (Å²) in [5.41, 5.74) is -0.0228. The Bertz CT molecular complexity index is 624. The van der Waals surface area contributed by atoms with E-state index < -0.39 is 16.0 Å². The lowest BCUT2D eigenvalue weighted by molar-refractivity contribution is 0.0696. The zero-order valence-electron chi connectivity index (χ0n) is 12.8. The smallest absolute Gasteiger partial charge is 0.335 e. The summed E-state index contributed by atoms with van der Waals surface area (Å²) < 4.78 is 31.6. The number of sulfonamides is 1. The third kappa shape index (κ3) is 3.54. The lowest BCUT2D eigenvalue weighted by atomic mass is 10.1. The van der Waals surface area contributed by atoms with E-state index in [2.05, 4.69) is 0 Å². The van der Waals surface area contributed by atoms with Gasteiger partial charge in [0.15, 0.2) is 0 Å². The number of hydrogen-bond acceptors (Lipinski definition) is 4. The molecule has 1 rings (SSSR count). The van der Waals surface area contributed by atoms with Gasteiger partial charge in [0, 0.05) is 13.1 Å². The van der Waals surface area contributed by atoms with Crippen molar-refractivity contribution in [3.05, 3.63) is 23.8 Å². The van der Waals surface area contributed by atoms with Crippen LogP contribution in [0.4, 0.5) is 0 Å². The van der Waals surface area contributed by atoms with Gasteiger partial charge in [0.1, 0.15) is 10.6 Å². The number of carboxylic acid groups (broad SMARTS) is 1. The van der Waals surface area contributed by atoms with Crippen LogP contribution in [-0.2, 0) is 10.0 Å². The minimum Gasteiger partial charge on any atom is -0.495 e. The SMILES string of the molecule is COc1cc(C(=O)O)ccc1S(=O)(=O)N(C)C(C)C(C)C. The highest BCUT2D eigenvalue weighted by molar-refractivity contribution is 7.89. The van der Waals surface area contributed by atoms with Crippen molar-refractivity contribution in [3.63, 3.8) is 0 Å². The van der Waals surface area contributed by atoms with Crippen molar-refractivity contribution < 1.29 is 23.1 Å².